The molecule has 0 aliphatic heterocycles. The first-order chi connectivity index (χ1) is 27.5. The van der Waals surface area contributed by atoms with Gasteiger partial charge in [0.25, 0.3) is 0 Å². The number of halogens is 5. The van der Waals surface area contributed by atoms with Crippen molar-refractivity contribution in [3.05, 3.63) is 102 Å². The van der Waals surface area contributed by atoms with Crippen LogP contribution in [0.1, 0.15) is 62.3 Å². The third kappa shape index (κ3) is 9.41. The third-order valence-corrected chi connectivity index (χ3v) is 31.0. The highest BCUT2D eigenvalue weighted by Gasteiger charge is 2.48. The van der Waals surface area contributed by atoms with Gasteiger partial charge < -0.3 is 13.3 Å². The first-order valence-electron chi connectivity index (χ1n) is 20.2. The molecule has 4 rings (SSSR count). The Bertz CT molecular complexity index is 1880. The van der Waals surface area contributed by atoms with Gasteiger partial charge in [-0.2, -0.15) is 0 Å². The van der Waals surface area contributed by atoms with Gasteiger partial charge in [0, 0.05) is 0 Å². The van der Waals surface area contributed by atoms with E-state index < -0.39 is 79.4 Å². The van der Waals surface area contributed by atoms with Crippen molar-refractivity contribution < 1.29 is 47.3 Å². The lowest BCUT2D eigenvalue weighted by Crippen LogP contribution is -2.39. The minimum absolute atomic E-state index is 0.310. The van der Waals surface area contributed by atoms with Gasteiger partial charge in [0.05, 0.1) is 25.0 Å². The van der Waals surface area contributed by atoms with Gasteiger partial charge in [-0.25, -0.2) is 22.0 Å². The summed E-state index contributed by atoms with van der Waals surface area (Å²) < 4.78 is 127. The number of benzene rings is 4. The van der Waals surface area contributed by atoms with Crippen LogP contribution in [-0.4, -0.2) is 37.0 Å². The van der Waals surface area contributed by atoms with Gasteiger partial charge in [-0.15, -0.1) is 8.42 Å². The van der Waals surface area contributed by atoms with Crippen LogP contribution in [0.3, 0.4) is 0 Å². The van der Waals surface area contributed by atoms with E-state index in [0.717, 1.165) is 54.4 Å². The molecule has 0 unspecified atom stereocenters. The normalized spacial score (nSPS) is 13.1. The Labute approximate surface area is 346 Å². The van der Waals surface area contributed by atoms with Crippen LogP contribution in [0.5, 0.6) is 17.2 Å². The Morgan fingerprint density at radius 3 is 0.862 bits per heavy atom. The maximum atomic E-state index is 15.4. The highest BCUT2D eigenvalue weighted by molar-refractivity contribution is 8.32. The van der Waals surface area contributed by atoms with Gasteiger partial charge in [-0.05, 0) is 127 Å². The molecule has 0 bridgehead atoms. The molecule has 6 nitrogen and oxygen atoms in total. The molecule has 16 heteroatoms. The fourth-order valence-corrected chi connectivity index (χ4v) is 20.6. The second-order valence-corrected chi connectivity index (χ2v) is 33.1. The smallest absolute Gasteiger partial charge is 0.428 e. The summed E-state index contributed by atoms with van der Waals surface area (Å²) in [5.74, 6) is -10.6. The molecule has 0 aromatic heterocycles. The van der Waals surface area contributed by atoms with E-state index >= 15 is 8.78 Å². The van der Waals surface area contributed by atoms with Crippen molar-refractivity contribution in [2.45, 2.75) is 136 Å². The van der Waals surface area contributed by atoms with Crippen molar-refractivity contribution in [1.82, 2.24) is 0 Å². The molecular formula is C42H58F5O6S2Si3+. The van der Waals surface area contributed by atoms with E-state index in [1.165, 1.54) is 0 Å². The highest BCUT2D eigenvalue weighted by Crippen LogP contribution is 2.69. The third-order valence-electron chi connectivity index (χ3n) is 11.9. The molecule has 320 valence electrons. The van der Waals surface area contributed by atoms with Gasteiger partial charge >= 0.3 is 10.1 Å². The quantitative estimate of drug-likeness (QED) is 0.0208. The molecule has 58 heavy (non-hydrogen) atoms. The lowest BCUT2D eigenvalue weighted by atomic mass is 10.3. The van der Waals surface area contributed by atoms with Crippen LogP contribution in [-0.2, 0) is 10.1 Å². The van der Waals surface area contributed by atoms with E-state index in [-0.39, 0.29) is 0 Å². The molecule has 0 spiro atoms. The summed E-state index contributed by atoms with van der Waals surface area (Å²) in [6.45, 7) is 18.8. The average molecular weight is 902 g/mol. The van der Waals surface area contributed by atoms with Gasteiger partial charge in [-0.3, -0.25) is 3.63 Å². The van der Waals surface area contributed by atoms with Crippen LogP contribution in [0.4, 0.5) is 22.0 Å². The van der Waals surface area contributed by atoms with Crippen molar-refractivity contribution in [2.75, 3.05) is 0 Å². The minimum Gasteiger partial charge on any atom is -0.544 e. The maximum absolute atomic E-state index is 15.4. The molecule has 4 aromatic carbocycles. The molecule has 0 atom stereocenters. The molecular weight excluding hydrogens is 844 g/mol. The fourth-order valence-electron chi connectivity index (χ4n) is 7.30. The molecule has 0 aliphatic carbocycles. The predicted molar refractivity (Wildman–Crippen MR) is 231 cm³/mol. The van der Waals surface area contributed by atoms with Crippen molar-refractivity contribution in [3.8, 4) is 17.2 Å². The summed E-state index contributed by atoms with van der Waals surface area (Å²) in [7, 11) is -15.6. The molecule has 0 fully saturated rings. The summed E-state index contributed by atoms with van der Waals surface area (Å²) >= 11 is 0. The molecule has 0 saturated carbocycles. The molecule has 0 heterocycles. The Morgan fingerprint density at radius 2 is 0.638 bits per heavy atom. The number of hydrogen-bond donors (Lipinski definition) is 0. The summed E-state index contributed by atoms with van der Waals surface area (Å²) in [4.78, 5) is -1.10. The summed E-state index contributed by atoms with van der Waals surface area (Å²) in [6, 6.07) is 28.0. The molecule has 4 aromatic rings. The Balaban J connectivity index is 2.07. The number of hydrogen-bond acceptors (Lipinski definition) is 5. The average Bonchev–Trinajstić information content (AvgIpc) is 3.25. The maximum Gasteiger partial charge on any atom is 0.428 e. The zero-order valence-corrected chi connectivity index (χ0v) is 39.6. The SMILES string of the molecule is CC[Si](CC)(CC)Oc1ccc(S([OH+]S(=O)(=O)c2c(F)c(F)c(F)c(F)c2F)(c2ccc(O[Si](CC)(CC)CC)cc2)c2ccc(O[Si](CC)(CC)CC)cc2)cc1. The zero-order valence-electron chi connectivity index (χ0n) is 35.0. The van der Waals surface area contributed by atoms with Crippen molar-refractivity contribution >= 4 is 45.4 Å². The fraction of sp³-hybridized carbons (Fsp3) is 0.429. The highest BCUT2D eigenvalue weighted by atomic mass is 32.3. The first kappa shape index (κ1) is 47.5. The Morgan fingerprint density at radius 1 is 0.414 bits per heavy atom. The molecule has 0 amide bonds. The summed E-state index contributed by atoms with van der Waals surface area (Å²) in [5.41, 5.74) is 0. The Kier molecular flexibility index (Phi) is 16.0. The standard InChI is InChI=1S/C42H57F5O6S2Si3/c1-10-56(11-2,12-3)50-31-19-25-34(26-20-31)54(35-27-21-32(22-28-35)51-57(13-4,14-5)15-6,36-29-23-33(24-30-36)52-58(16-7,17-8)18-9)53-55(48,49)42-40(46)38(44)37(43)39(45)41(42)47/h19-30H,10-18H2,1-9H3/p+1. The van der Waals surface area contributed by atoms with Crippen LogP contribution < -0.4 is 13.3 Å². The van der Waals surface area contributed by atoms with E-state index in [0.29, 0.717) is 31.9 Å². The van der Waals surface area contributed by atoms with Crippen LogP contribution in [0.15, 0.2) is 92.4 Å². The van der Waals surface area contributed by atoms with Gasteiger partial charge in [-0.1, -0.05) is 62.3 Å². The van der Waals surface area contributed by atoms with E-state index in [1.54, 1.807) is 72.8 Å². The van der Waals surface area contributed by atoms with Crippen LogP contribution in [0.2, 0.25) is 54.4 Å². The van der Waals surface area contributed by atoms with Gasteiger partial charge in [0.1, 0.15) is 17.2 Å². The van der Waals surface area contributed by atoms with E-state index in [9.17, 15) is 21.6 Å². The second kappa shape index (κ2) is 19.5. The monoisotopic (exact) mass is 901 g/mol. The number of rotatable bonds is 21. The predicted octanol–water partition coefficient (Wildman–Crippen LogP) is 14.2. The lowest BCUT2D eigenvalue weighted by molar-refractivity contribution is 0.338. The first-order valence-corrected chi connectivity index (χ1v) is 30.8. The minimum atomic E-state index is -5.65. The van der Waals surface area contributed by atoms with Gasteiger partial charge in [0.15, 0.2) is 23.3 Å². The van der Waals surface area contributed by atoms with Crippen LogP contribution >= 0.6 is 10.3 Å². The molecule has 1 N–H and O–H groups in total. The van der Waals surface area contributed by atoms with Crippen molar-refractivity contribution in [2.24, 2.45) is 0 Å². The van der Waals surface area contributed by atoms with Crippen LogP contribution in [0.25, 0.3) is 0 Å². The summed E-state index contributed by atoms with van der Waals surface area (Å²) in [6.07, 6.45) is 0. The molecule has 0 aliphatic rings. The van der Waals surface area contributed by atoms with E-state index in [4.69, 9.17) is 13.3 Å². The van der Waals surface area contributed by atoms with E-state index in [1.807, 2.05) is 0 Å². The molecule has 0 saturated heterocycles. The largest absolute Gasteiger partial charge is 0.544 e. The Hall–Kier alpha value is -3.16. The zero-order chi connectivity index (χ0) is 43.1. The van der Waals surface area contributed by atoms with Crippen molar-refractivity contribution in [1.29, 1.82) is 0 Å². The lowest BCUT2D eigenvalue weighted by Gasteiger charge is -2.36. The van der Waals surface area contributed by atoms with Crippen molar-refractivity contribution in [3.63, 3.8) is 0 Å². The van der Waals surface area contributed by atoms with Crippen LogP contribution in [0, 0.1) is 29.1 Å². The topological polar surface area (TPSA) is 74.6 Å². The second-order valence-electron chi connectivity index (χ2n) is 14.5. The van der Waals surface area contributed by atoms with E-state index in [2.05, 4.69) is 65.9 Å². The summed E-state index contributed by atoms with van der Waals surface area (Å²) in [5, 5.41) is 0. The van der Waals surface area contributed by atoms with Gasteiger partial charge in [0.2, 0.25) is 35.7 Å². The molecule has 0 radical (unpaired) electrons.